The molecule has 164 valence electrons. The molecule has 0 fully saturated rings. The molecule has 0 aliphatic carbocycles. The molecule has 4 rings (SSSR count). The topological polar surface area (TPSA) is 111 Å². The van der Waals surface area contributed by atoms with E-state index in [1.807, 2.05) is 56.3 Å². The third-order valence-corrected chi connectivity index (χ3v) is 5.32. The van der Waals surface area contributed by atoms with Gasteiger partial charge in [0.05, 0.1) is 0 Å². The Labute approximate surface area is 184 Å². The monoisotopic (exact) mass is 432 g/mol. The molecule has 1 atom stereocenters. The van der Waals surface area contributed by atoms with E-state index < -0.39 is 12.0 Å². The summed E-state index contributed by atoms with van der Waals surface area (Å²) in [6.07, 6.45) is 1.32. The van der Waals surface area contributed by atoms with Gasteiger partial charge in [-0.05, 0) is 55.7 Å². The first-order chi connectivity index (χ1) is 15.4. The molecule has 0 aliphatic heterocycles. The van der Waals surface area contributed by atoms with Crippen LogP contribution in [0.5, 0.6) is 5.75 Å². The van der Waals surface area contributed by atoms with Crippen LogP contribution in [0.25, 0.3) is 16.6 Å². The van der Waals surface area contributed by atoms with E-state index in [0.717, 1.165) is 27.7 Å². The second kappa shape index (κ2) is 9.01. The van der Waals surface area contributed by atoms with Gasteiger partial charge in [-0.25, -0.2) is 9.50 Å². The van der Waals surface area contributed by atoms with Gasteiger partial charge in [0.25, 0.3) is 11.7 Å². The van der Waals surface area contributed by atoms with Crippen molar-refractivity contribution in [3.8, 4) is 5.75 Å². The molecule has 32 heavy (non-hydrogen) atoms. The van der Waals surface area contributed by atoms with Crippen LogP contribution >= 0.6 is 0 Å². The summed E-state index contributed by atoms with van der Waals surface area (Å²) in [5.41, 5.74) is 7.49. The molecular formula is C23H24N6O3. The zero-order chi connectivity index (χ0) is 22.7. The summed E-state index contributed by atoms with van der Waals surface area (Å²) in [6, 6.07) is 13.5. The number of nitrogens with one attached hydrogen (secondary N) is 2. The fourth-order valence-corrected chi connectivity index (χ4v) is 3.55. The third kappa shape index (κ3) is 4.51. The first-order valence-electron chi connectivity index (χ1n) is 10.3. The van der Waals surface area contributed by atoms with Crippen LogP contribution in [-0.2, 0) is 16.0 Å². The number of nitrogens with zero attached hydrogens (tertiary/aromatic N) is 4. The van der Waals surface area contributed by atoms with Crippen LogP contribution in [0.1, 0.15) is 30.3 Å². The van der Waals surface area contributed by atoms with Gasteiger partial charge in [0.15, 0.2) is 6.10 Å². The largest absolute Gasteiger partial charge is 0.481 e. The minimum atomic E-state index is -0.778. The van der Waals surface area contributed by atoms with E-state index in [1.165, 1.54) is 6.33 Å². The normalized spacial score (nSPS) is 12.0. The molecule has 9 nitrogen and oxygen atoms in total. The number of rotatable bonds is 6. The minimum Gasteiger partial charge on any atom is -0.481 e. The van der Waals surface area contributed by atoms with Crippen molar-refractivity contribution in [1.82, 2.24) is 30.4 Å². The molecule has 0 radical (unpaired) electrons. The van der Waals surface area contributed by atoms with Gasteiger partial charge >= 0.3 is 0 Å². The summed E-state index contributed by atoms with van der Waals surface area (Å²) < 4.78 is 7.37. The van der Waals surface area contributed by atoms with Gasteiger partial charge < -0.3 is 4.74 Å². The molecule has 2 aromatic carbocycles. The molecule has 0 spiro atoms. The van der Waals surface area contributed by atoms with E-state index in [2.05, 4.69) is 25.9 Å². The summed E-state index contributed by atoms with van der Waals surface area (Å²) in [5, 5.41) is 6.26. The highest BCUT2D eigenvalue weighted by molar-refractivity contribution is 5.86. The quantitative estimate of drug-likeness (QED) is 0.453. The summed E-state index contributed by atoms with van der Waals surface area (Å²) in [4.78, 5) is 33.1. The van der Waals surface area contributed by atoms with Crippen molar-refractivity contribution in [3.63, 3.8) is 0 Å². The van der Waals surface area contributed by atoms with Crippen LogP contribution in [-0.4, -0.2) is 37.5 Å². The predicted molar refractivity (Wildman–Crippen MR) is 119 cm³/mol. The van der Waals surface area contributed by atoms with Crippen molar-refractivity contribution in [3.05, 3.63) is 65.7 Å². The average Bonchev–Trinajstić information content (AvgIpc) is 3.25. The van der Waals surface area contributed by atoms with Crippen molar-refractivity contribution >= 4 is 28.4 Å². The Balaban J connectivity index is 1.29. The van der Waals surface area contributed by atoms with Gasteiger partial charge in [-0.3, -0.25) is 20.4 Å². The highest BCUT2D eigenvalue weighted by Crippen LogP contribution is 2.21. The Bertz CT molecular complexity index is 1300. The molecule has 0 bridgehead atoms. The van der Waals surface area contributed by atoms with Gasteiger partial charge in [-0.2, -0.15) is 10.1 Å². The highest BCUT2D eigenvalue weighted by atomic mass is 16.5. The Hall–Kier alpha value is -4.01. The van der Waals surface area contributed by atoms with Crippen LogP contribution in [0, 0.1) is 13.8 Å². The van der Waals surface area contributed by atoms with E-state index in [-0.39, 0.29) is 12.3 Å². The minimum absolute atomic E-state index is 0.184. The Kier molecular flexibility index (Phi) is 5.98. The van der Waals surface area contributed by atoms with Crippen molar-refractivity contribution in [2.24, 2.45) is 0 Å². The van der Waals surface area contributed by atoms with Crippen LogP contribution in [0.15, 0.2) is 48.8 Å². The van der Waals surface area contributed by atoms with Gasteiger partial charge in [0.1, 0.15) is 12.1 Å². The summed E-state index contributed by atoms with van der Waals surface area (Å²) in [7, 11) is 0. The first kappa shape index (κ1) is 21.2. The molecule has 2 heterocycles. The number of aryl methyl sites for hydroxylation is 2. The maximum Gasteiger partial charge on any atom is 0.279 e. The molecule has 4 aromatic rings. The molecule has 2 aromatic heterocycles. The molecule has 2 N–H and O–H groups in total. The Morgan fingerprint density at radius 2 is 1.88 bits per heavy atom. The molecule has 0 aliphatic rings. The van der Waals surface area contributed by atoms with Crippen molar-refractivity contribution in [1.29, 1.82) is 0 Å². The number of amides is 2. The lowest BCUT2D eigenvalue weighted by molar-refractivity contribution is -0.132. The van der Waals surface area contributed by atoms with Crippen LogP contribution < -0.4 is 15.6 Å². The highest BCUT2D eigenvalue weighted by Gasteiger charge is 2.17. The molecule has 2 amide bonds. The maximum absolute atomic E-state index is 12.3. The molecule has 1 unspecified atom stereocenters. The van der Waals surface area contributed by atoms with Gasteiger partial charge in [0.2, 0.25) is 5.91 Å². The fraction of sp³-hybridized carbons (Fsp3) is 0.261. The number of carbonyl (C=O) groups excluding carboxylic acids is 2. The Morgan fingerprint density at radius 1 is 1.09 bits per heavy atom. The number of aromatic nitrogens is 4. The molecule has 0 saturated carbocycles. The van der Waals surface area contributed by atoms with Crippen LogP contribution in [0.2, 0.25) is 0 Å². The van der Waals surface area contributed by atoms with Gasteiger partial charge in [0, 0.05) is 17.8 Å². The average molecular weight is 432 g/mol. The molecule has 0 saturated heterocycles. The number of fused-ring (bicyclic) bond motifs is 2. The van der Waals surface area contributed by atoms with E-state index in [9.17, 15) is 9.59 Å². The van der Waals surface area contributed by atoms with Crippen LogP contribution in [0.3, 0.4) is 0 Å². The number of hydrogen-bond acceptors (Lipinski definition) is 6. The van der Waals surface area contributed by atoms with Crippen molar-refractivity contribution in [2.75, 3.05) is 0 Å². The zero-order valence-electron chi connectivity index (χ0n) is 18.1. The fourth-order valence-electron chi connectivity index (χ4n) is 3.55. The molecular weight excluding hydrogens is 408 g/mol. The second-order valence-corrected chi connectivity index (χ2v) is 7.54. The third-order valence-electron chi connectivity index (χ3n) is 5.32. The number of hydrogen-bond donors (Lipinski definition) is 2. The van der Waals surface area contributed by atoms with E-state index in [0.29, 0.717) is 17.9 Å². The van der Waals surface area contributed by atoms with Crippen molar-refractivity contribution < 1.29 is 14.3 Å². The smallest absolute Gasteiger partial charge is 0.279 e. The molecule has 9 heteroatoms. The van der Waals surface area contributed by atoms with Gasteiger partial charge in [-0.15, -0.1) is 0 Å². The summed E-state index contributed by atoms with van der Waals surface area (Å²) in [5.74, 6) is 0.360. The van der Waals surface area contributed by atoms with E-state index >= 15 is 0 Å². The Morgan fingerprint density at radius 3 is 2.69 bits per heavy atom. The lowest BCUT2D eigenvalue weighted by Crippen LogP contribution is -2.47. The number of carbonyl (C=O) groups is 2. The van der Waals surface area contributed by atoms with Crippen LogP contribution in [0.4, 0.5) is 0 Å². The SMILES string of the molecule is Cc1nc2ncnn2c(C)c1CCC(=O)NNC(=O)C(C)Oc1ccc2ccccc2c1. The van der Waals surface area contributed by atoms with E-state index in [1.54, 1.807) is 11.4 Å². The maximum atomic E-state index is 12.3. The van der Waals surface area contributed by atoms with Crippen molar-refractivity contribution in [2.45, 2.75) is 39.7 Å². The van der Waals surface area contributed by atoms with Gasteiger partial charge in [-0.1, -0.05) is 30.3 Å². The van der Waals surface area contributed by atoms with E-state index in [4.69, 9.17) is 4.74 Å². The number of benzene rings is 2. The second-order valence-electron chi connectivity index (χ2n) is 7.54. The standard InChI is InChI=1S/C23H24N6O3/c1-14-20(15(2)29-23(26-14)24-13-25-29)10-11-21(30)27-28-22(31)16(3)32-19-9-8-17-6-4-5-7-18(17)12-19/h4-9,12-13,16H,10-11H2,1-3H3,(H,27,30)(H,28,31). The number of ether oxygens (including phenoxy) is 1. The zero-order valence-corrected chi connectivity index (χ0v) is 18.1. The number of hydrazine groups is 1. The summed E-state index contributed by atoms with van der Waals surface area (Å²) >= 11 is 0. The first-order valence-corrected chi connectivity index (χ1v) is 10.3. The lowest BCUT2D eigenvalue weighted by Gasteiger charge is -2.16. The lowest BCUT2D eigenvalue weighted by atomic mass is 10.1. The predicted octanol–water partition coefficient (Wildman–Crippen LogP) is 2.44. The summed E-state index contributed by atoms with van der Waals surface area (Å²) in [6.45, 7) is 5.42.